The van der Waals surface area contributed by atoms with Crippen molar-refractivity contribution in [2.45, 2.75) is 46.0 Å². The number of carbonyl (C=O) groups is 2. The first kappa shape index (κ1) is 20.6. The molecule has 7 nitrogen and oxygen atoms in total. The number of H-pyrrole nitrogens is 1. The van der Waals surface area contributed by atoms with Gasteiger partial charge in [0.2, 0.25) is 11.8 Å². The zero-order chi connectivity index (χ0) is 21.3. The van der Waals surface area contributed by atoms with Crippen LogP contribution in [0.15, 0.2) is 28.7 Å². The summed E-state index contributed by atoms with van der Waals surface area (Å²) in [4.78, 5) is 45.7. The van der Waals surface area contributed by atoms with E-state index in [0.29, 0.717) is 36.3 Å². The highest BCUT2D eigenvalue weighted by Gasteiger charge is 2.50. The molecule has 1 unspecified atom stereocenters. The topological polar surface area (TPSA) is 95.2 Å². The lowest BCUT2D eigenvalue weighted by molar-refractivity contribution is -0.126. The number of likely N-dealkylation sites (tertiary alicyclic amines) is 1. The largest absolute Gasteiger partial charge is 0.352 e. The number of aromatic nitrogens is 2. The minimum atomic E-state index is -0.263. The van der Waals surface area contributed by atoms with Crippen molar-refractivity contribution in [3.8, 4) is 0 Å². The van der Waals surface area contributed by atoms with Crippen LogP contribution >= 0.6 is 0 Å². The van der Waals surface area contributed by atoms with Gasteiger partial charge in [-0.15, -0.1) is 0 Å². The second-order valence-electron chi connectivity index (χ2n) is 9.10. The van der Waals surface area contributed by atoms with E-state index in [9.17, 15) is 14.4 Å². The molecule has 0 bridgehead atoms. The van der Waals surface area contributed by atoms with E-state index in [-0.39, 0.29) is 22.8 Å². The highest BCUT2D eigenvalue weighted by molar-refractivity contribution is 5.93. The van der Waals surface area contributed by atoms with Crippen LogP contribution in [0.5, 0.6) is 0 Å². The summed E-state index contributed by atoms with van der Waals surface area (Å²) >= 11 is 0. The Hall–Kier alpha value is -2.70. The van der Waals surface area contributed by atoms with E-state index in [1.54, 1.807) is 6.92 Å². The standard InChI is InChI=1S/C23H30N4O3/c1-15(11-17-3-4-17)22(30)27-10-9-23(14-27,19-6-7-19)13-25-20(28)8-5-18-12-24-16(2)26-21(18)29/h5,8,11-12,17,19H,3-4,6-7,9-10,13-14H2,1-2H3,(H,25,28)(H,24,26,29)/b8-5+,15-11+. The van der Waals surface area contributed by atoms with Gasteiger partial charge in [-0.3, -0.25) is 14.4 Å². The van der Waals surface area contributed by atoms with E-state index < -0.39 is 0 Å². The fourth-order valence-corrected chi connectivity index (χ4v) is 4.42. The Morgan fingerprint density at radius 1 is 1.33 bits per heavy atom. The fraction of sp³-hybridized carbons (Fsp3) is 0.565. The van der Waals surface area contributed by atoms with E-state index in [0.717, 1.165) is 31.4 Å². The van der Waals surface area contributed by atoms with E-state index in [4.69, 9.17) is 0 Å². The number of hydrogen-bond acceptors (Lipinski definition) is 4. The number of hydrogen-bond donors (Lipinski definition) is 2. The van der Waals surface area contributed by atoms with Crippen molar-refractivity contribution in [1.82, 2.24) is 20.2 Å². The zero-order valence-electron chi connectivity index (χ0n) is 17.7. The Bertz CT molecular complexity index is 955. The number of aryl methyl sites for hydroxylation is 1. The van der Waals surface area contributed by atoms with Crippen LogP contribution < -0.4 is 10.9 Å². The van der Waals surface area contributed by atoms with Gasteiger partial charge >= 0.3 is 0 Å². The van der Waals surface area contributed by atoms with Gasteiger partial charge in [-0.25, -0.2) is 4.98 Å². The Balaban J connectivity index is 1.36. The summed E-state index contributed by atoms with van der Waals surface area (Å²) in [6.07, 6.45) is 12.1. The van der Waals surface area contributed by atoms with Crippen molar-refractivity contribution in [3.05, 3.63) is 45.7 Å². The molecule has 1 atom stereocenters. The van der Waals surface area contributed by atoms with Crippen molar-refractivity contribution >= 4 is 17.9 Å². The maximum Gasteiger partial charge on any atom is 0.258 e. The number of aromatic amines is 1. The van der Waals surface area contributed by atoms with Gasteiger partial charge in [0.1, 0.15) is 5.82 Å². The first-order chi connectivity index (χ1) is 14.4. The van der Waals surface area contributed by atoms with Crippen LogP contribution in [-0.4, -0.2) is 46.3 Å². The maximum absolute atomic E-state index is 12.8. The van der Waals surface area contributed by atoms with Crippen LogP contribution in [0, 0.1) is 24.2 Å². The van der Waals surface area contributed by atoms with Gasteiger partial charge in [0.25, 0.3) is 5.56 Å². The Labute approximate surface area is 176 Å². The molecule has 4 rings (SSSR count). The summed E-state index contributed by atoms with van der Waals surface area (Å²) in [5, 5.41) is 3.01. The average molecular weight is 411 g/mol. The lowest BCUT2D eigenvalue weighted by Gasteiger charge is -2.29. The number of amides is 2. The van der Waals surface area contributed by atoms with Crippen LogP contribution in [0.25, 0.3) is 6.08 Å². The van der Waals surface area contributed by atoms with Gasteiger partial charge in [0.05, 0.1) is 5.56 Å². The number of rotatable bonds is 7. The second-order valence-corrected chi connectivity index (χ2v) is 9.10. The molecule has 2 saturated carbocycles. The minimum Gasteiger partial charge on any atom is -0.352 e. The molecule has 3 fully saturated rings. The van der Waals surface area contributed by atoms with Gasteiger partial charge in [-0.05, 0) is 63.9 Å². The normalized spacial score (nSPS) is 24.5. The van der Waals surface area contributed by atoms with Crippen molar-refractivity contribution < 1.29 is 9.59 Å². The Kier molecular flexibility index (Phi) is 5.62. The molecule has 2 N–H and O–H groups in total. The first-order valence-electron chi connectivity index (χ1n) is 10.9. The van der Waals surface area contributed by atoms with Gasteiger partial charge in [-0.1, -0.05) is 6.08 Å². The minimum absolute atomic E-state index is 0.0398. The number of nitrogens with one attached hydrogen (secondary N) is 2. The van der Waals surface area contributed by atoms with Crippen LogP contribution in [0.4, 0.5) is 0 Å². The molecule has 2 heterocycles. The molecule has 0 radical (unpaired) electrons. The highest BCUT2D eigenvalue weighted by atomic mass is 16.2. The van der Waals surface area contributed by atoms with E-state index in [2.05, 4.69) is 21.4 Å². The van der Waals surface area contributed by atoms with E-state index >= 15 is 0 Å². The quantitative estimate of drug-likeness (QED) is 0.674. The van der Waals surface area contributed by atoms with Gasteiger partial charge in [0, 0.05) is 42.9 Å². The van der Waals surface area contributed by atoms with Crippen molar-refractivity contribution in [3.63, 3.8) is 0 Å². The Morgan fingerprint density at radius 3 is 2.77 bits per heavy atom. The second kappa shape index (κ2) is 8.20. The fourth-order valence-electron chi connectivity index (χ4n) is 4.42. The number of allylic oxidation sites excluding steroid dienone is 1. The van der Waals surface area contributed by atoms with Crippen molar-refractivity contribution in [1.29, 1.82) is 0 Å². The summed E-state index contributed by atoms with van der Waals surface area (Å²) in [5.74, 6) is 1.60. The molecule has 1 saturated heterocycles. The SMILES string of the molecule is C/C(=C\C1CC1)C(=O)N1CCC(CNC(=O)/C=C/c2cnc(C)[nH]c2=O)(C2CC2)C1. The smallest absolute Gasteiger partial charge is 0.258 e. The summed E-state index contributed by atoms with van der Waals surface area (Å²) in [6, 6.07) is 0. The number of nitrogens with zero attached hydrogens (tertiary/aromatic N) is 2. The lowest BCUT2D eigenvalue weighted by Crippen LogP contribution is -2.41. The number of carbonyl (C=O) groups excluding carboxylic acids is 2. The molecule has 160 valence electrons. The summed E-state index contributed by atoms with van der Waals surface area (Å²) in [6.45, 7) is 5.64. The van der Waals surface area contributed by atoms with Crippen LogP contribution in [0.1, 0.15) is 50.4 Å². The molecule has 7 heteroatoms. The summed E-state index contributed by atoms with van der Waals surface area (Å²) < 4.78 is 0. The molecular weight excluding hydrogens is 380 g/mol. The van der Waals surface area contributed by atoms with Crippen molar-refractivity contribution in [2.24, 2.45) is 17.3 Å². The highest BCUT2D eigenvalue weighted by Crippen LogP contribution is 2.50. The van der Waals surface area contributed by atoms with Crippen LogP contribution in [0.3, 0.4) is 0 Å². The molecule has 1 aromatic heterocycles. The average Bonchev–Trinajstić information content (AvgIpc) is 3.65. The molecule has 1 aliphatic heterocycles. The predicted molar refractivity (Wildman–Crippen MR) is 114 cm³/mol. The van der Waals surface area contributed by atoms with Gasteiger partial charge < -0.3 is 15.2 Å². The molecule has 1 aromatic rings. The van der Waals surface area contributed by atoms with Crippen LogP contribution in [-0.2, 0) is 9.59 Å². The molecule has 0 aromatic carbocycles. The monoisotopic (exact) mass is 410 g/mol. The van der Waals surface area contributed by atoms with Gasteiger partial charge in [-0.2, -0.15) is 0 Å². The summed E-state index contributed by atoms with van der Waals surface area (Å²) in [5.41, 5.74) is 0.902. The Morgan fingerprint density at radius 2 is 2.10 bits per heavy atom. The predicted octanol–water partition coefficient (Wildman–Crippen LogP) is 2.19. The third kappa shape index (κ3) is 4.71. The zero-order valence-corrected chi connectivity index (χ0v) is 17.7. The van der Waals surface area contributed by atoms with E-state index in [1.807, 2.05) is 11.8 Å². The molecule has 2 amide bonds. The molecule has 2 aliphatic carbocycles. The van der Waals surface area contributed by atoms with E-state index in [1.165, 1.54) is 31.2 Å². The summed E-state index contributed by atoms with van der Waals surface area (Å²) in [7, 11) is 0. The van der Waals surface area contributed by atoms with Crippen molar-refractivity contribution in [2.75, 3.05) is 19.6 Å². The molecule has 3 aliphatic rings. The third-order valence-corrected chi connectivity index (χ3v) is 6.54. The van der Waals surface area contributed by atoms with Crippen LogP contribution in [0.2, 0.25) is 0 Å². The lowest BCUT2D eigenvalue weighted by atomic mass is 9.81. The third-order valence-electron chi connectivity index (χ3n) is 6.54. The first-order valence-corrected chi connectivity index (χ1v) is 10.9. The van der Waals surface area contributed by atoms with Gasteiger partial charge in [0.15, 0.2) is 0 Å². The molecule has 30 heavy (non-hydrogen) atoms. The molecular formula is C23H30N4O3. The maximum atomic E-state index is 12.8. The molecule has 0 spiro atoms.